The van der Waals surface area contributed by atoms with Crippen LogP contribution in [0.1, 0.15) is 87.5 Å². The Morgan fingerprint density at radius 3 is 2.33 bits per heavy atom. The van der Waals surface area contributed by atoms with Gasteiger partial charge < -0.3 is 9.47 Å². The summed E-state index contributed by atoms with van der Waals surface area (Å²) in [7, 11) is 0. The van der Waals surface area contributed by atoms with Crippen molar-refractivity contribution in [3.63, 3.8) is 0 Å². The molecule has 1 aromatic heterocycles. The van der Waals surface area contributed by atoms with Gasteiger partial charge in [-0.1, -0.05) is 44.2 Å². The van der Waals surface area contributed by atoms with Gasteiger partial charge in [0.1, 0.15) is 17.8 Å². The molecule has 2 aromatic rings. The number of aryl methyl sites for hydroxylation is 1. The summed E-state index contributed by atoms with van der Waals surface area (Å²) in [5.41, 5.74) is 1.33. The number of likely N-dealkylation sites (tertiary alicyclic amines) is 1. The first-order chi connectivity index (χ1) is 17.4. The molecule has 1 unspecified atom stereocenters. The van der Waals surface area contributed by atoms with E-state index in [1.807, 2.05) is 0 Å². The van der Waals surface area contributed by atoms with E-state index in [1.165, 1.54) is 18.4 Å². The number of piperidine rings is 1. The summed E-state index contributed by atoms with van der Waals surface area (Å²) in [5, 5.41) is 8.92. The molecule has 194 valence electrons. The second-order valence-electron chi connectivity index (χ2n) is 12.1. The molecular formula is C29H40FN5O. The molecule has 6 rings (SSSR count). The Morgan fingerprint density at radius 1 is 1.00 bits per heavy atom. The van der Waals surface area contributed by atoms with Crippen LogP contribution in [0.4, 0.5) is 4.39 Å². The third-order valence-electron chi connectivity index (χ3n) is 9.49. The standard InChI is InChI=1S/C29H40FN5O/c1-18(2)28-32-31-19(3)35(28)26-13-24-9-10-25(14-26)34(24)16-22-15-33(29(36)21-11-23(30)12-21)17-27(22)20-7-5-4-6-8-20/h4-8,18,21-27H,9-17H2,1-3H3/t21?,22-,23?,24-,25+,26?,27-/m1/s1. The Hall–Kier alpha value is -2.28. The van der Waals surface area contributed by atoms with Gasteiger partial charge >= 0.3 is 0 Å². The van der Waals surface area contributed by atoms with Crippen LogP contribution in [0.15, 0.2) is 30.3 Å². The molecule has 0 spiro atoms. The third-order valence-corrected chi connectivity index (χ3v) is 9.49. The van der Waals surface area contributed by atoms with Crippen LogP contribution >= 0.6 is 0 Å². The van der Waals surface area contributed by atoms with Gasteiger partial charge in [-0.3, -0.25) is 9.69 Å². The summed E-state index contributed by atoms with van der Waals surface area (Å²) in [4.78, 5) is 18.0. The van der Waals surface area contributed by atoms with E-state index >= 15 is 0 Å². The van der Waals surface area contributed by atoms with Crippen LogP contribution in [0.3, 0.4) is 0 Å². The summed E-state index contributed by atoms with van der Waals surface area (Å²) >= 11 is 0. The maximum Gasteiger partial charge on any atom is 0.225 e. The van der Waals surface area contributed by atoms with Gasteiger partial charge in [0.2, 0.25) is 5.91 Å². The number of carbonyl (C=O) groups excluding carboxylic acids is 1. The first-order valence-electron chi connectivity index (χ1n) is 14.0. The number of fused-ring (bicyclic) bond motifs is 2. The molecule has 4 aliphatic rings. The molecule has 1 aliphatic carbocycles. The van der Waals surface area contributed by atoms with Crippen molar-refractivity contribution in [2.24, 2.45) is 11.8 Å². The zero-order valence-electron chi connectivity index (χ0n) is 21.9. The minimum atomic E-state index is -0.787. The lowest BCUT2D eigenvalue weighted by Crippen LogP contribution is -2.47. The second-order valence-corrected chi connectivity index (χ2v) is 12.1. The average Bonchev–Trinajstić information content (AvgIpc) is 3.51. The summed E-state index contributed by atoms with van der Waals surface area (Å²) in [6, 6.07) is 12.4. The smallest absolute Gasteiger partial charge is 0.225 e. The highest BCUT2D eigenvalue weighted by Crippen LogP contribution is 2.45. The van der Waals surface area contributed by atoms with Gasteiger partial charge in [-0.25, -0.2) is 4.39 Å². The van der Waals surface area contributed by atoms with Crippen molar-refractivity contribution in [2.75, 3.05) is 19.6 Å². The fourth-order valence-corrected chi connectivity index (χ4v) is 7.58. The van der Waals surface area contributed by atoms with Crippen molar-refractivity contribution < 1.29 is 9.18 Å². The number of amides is 1. The van der Waals surface area contributed by atoms with Gasteiger partial charge in [0, 0.05) is 55.5 Å². The van der Waals surface area contributed by atoms with Crippen molar-refractivity contribution in [1.82, 2.24) is 24.6 Å². The van der Waals surface area contributed by atoms with Crippen LogP contribution in [0.2, 0.25) is 0 Å². The van der Waals surface area contributed by atoms with Gasteiger partial charge in [-0.15, -0.1) is 10.2 Å². The van der Waals surface area contributed by atoms with E-state index in [1.54, 1.807) is 0 Å². The minimum absolute atomic E-state index is 0.107. The molecule has 0 radical (unpaired) electrons. The van der Waals surface area contributed by atoms with Crippen LogP contribution in [-0.4, -0.2) is 68.4 Å². The van der Waals surface area contributed by atoms with E-state index in [9.17, 15) is 9.18 Å². The SMILES string of the molecule is Cc1nnc(C(C)C)n1C1C[C@H]2CC[C@@H](C1)N2C[C@H]1CN(C(=O)C2CC(F)C2)C[C@@H]1c1ccccc1. The molecule has 1 saturated carbocycles. The number of benzene rings is 1. The lowest BCUT2D eigenvalue weighted by Gasteiger charge is -2.42. The van der Waals surface area contributed by atoms with Gasteiger partial charge in [0.25, 0.3) is 0 Å². The normalized spacial score (nSPS) is 34.4. The molecular weight excluding hydrogens is 453 g/mol. The predicted molar refractivity (Wildman–Crippen MR) is 138 cm³/mol. The number of nitrogens with zero attached hydrogens (tertiary/aromatic N) is 5. The van der Waals surface area contributed by atoms with Crippen molar-refractivity contribution in [2.45, 2.75) is 95.4 Å². The number of aromatic nitrogens is 3. The van der Waals surface area contributed by atoms with Crippen molar-refractivity contribution in [3.05, 3.63) is 47.5 Å². The molecule has 3 saturated heterocycles. The van der Waals surface area contributed by atoms with Gasteiger partial charge in [0.05, 0.1) is 0 Å². The highest BCUT2D eigenvalue weighted by molar-refractivity contribution is 5.80. The van der Waals surface area contributed by atoms with Crippen LogP contribution in [0.5, 0.6) is 0 Å². The summed E-state index contributed by atoms with van der Waals surface area (Å²) in [6.07, 6.45) is 4.85. The molecule has 2 bridgehead atoms. The van der Waals surface area contributed by atoms with E-state index in [-0.39, 0.29) is 11.8 Å². The molecule has 7 heteroatoms. The van der Waals surface area contributed by atoms with E-state index < -0.39 is 6.17 Å². The summed E-state index contributed by atoms with van der Waals surface area (Å²) < 4.78 is 15.9. The van der Waals surface area contributed by atoms with Crippen molar-refractivity contribution in [1.29, 1.82) is 0 Å². The Labute approximate surface area is 214 Å². The zero-order chi connectivity index (χ0) is 25.0. The first kappa shape index (κ1) is 24.1. The van der Waals surface area contributed by atoms with E-state index in [2.05, 4.69) is 75.7 Å². The topological polar surface area (TPSA) is 54.3 Å². The average molecular weight is 494 g/mol. The molecule has 1 aromatic carbocycles. The molecule has 5 atom stereocenters. The molecule has 1 amide bonds. The zero-order valence-corrected chi connectivity index (χ0v) is 21.9. The van der Waals surface area contributed by atoms with Gasteiger partial charge in [-0.05, 0) is 56.9 Å². The second kappa shape index (κ2) is 9.55. The number of hydrogen-bond acceptors (Lipinski definition) is 4. The lowest BCUT2D eigenvalue weighted by atomic mass is 9.82. The highest BCUT2D eigenvalue weighted by Gasteiger charge is 2.47. The summed E-state index contributed by atoms with van der Waals surface area (Å²) in [6.45, 7) is 9.11. The number of carbonyl (C=O) groups is 1. The fraction of sp³-hybridized carbons (Fsp3) is 0.690. The maximum absolute atomic E-state index is 13.5. The quantitative estimate of drug-likeness (QED) is 0.576. The molecule has 3 aliphatic heterocycles. The number of hydrogen-bond donors (Lipinski definition) is 0. The van der Waals surface area contributed by atoms with Crippen LogP contribution < -0.4 is 0 Å². The van der Waals surface area contributed by atoms with E-state index in [4.69, 9.17) is 0 Å². The number of rotatable bonds is 6. The van der Waals surface area contributed by atoms with Crippen LogP contribution in [0, 0.1) is 18.8 Å². The third kappa shape index (κ3) is 4.27. The monoisotopic (exact) mass is 493 g/mol. The molecule has 0 N–H and O–H groups in total. The van der Waals surface area contributed by atoms with E-state index in [0.717, 1.165) is 44.1 Å². The van der Waals surface area contributed by atoms with E-state index in [0.29, 0.717) is 48.7 Å². The molecule has 4 heterocycles. The number of alkyl halides is 1. The van der Waals surface area contributed by atoms with Crippen LogP contribution in [0.25, 0.3) is 0 Å². The lowest BCUT2D eigenvalue weighted by molar-refractivity contribution is -0.139. The number of halogens is 1. The van der Waals surface area contributed by atoms with Crippen molar-refractivity contribution >= 4 is 5.91 Å². The molecule has 36 heavy (non-hydrogen) atoms. The summed E-state index contributed by atoms with van der Waals surface area (Å²) in [5.74, 6) is 3.37. The molecule has 6 nitrogen and oxygen atoms in total. The largest absolute Gasteiger partial charge is 0.341 e. The Bertz CT molecular complexity index is 1070. The van der Waals surface area contributed by atoms with Gasteiger partial charge in [0.15, 0.2) is 0 Å². The minimum Gasteiger partial charge on any atom is -0.341 e. The maximum atomic E-state index is 13.5. The highest BCUT2D eigenvalue weighted by atomic mass is 19.1. The fourth-order valence-electron chi connectivity index (χ4n) is 7.58. The van der Waals surface area contributed by atoms with Gasteiger partial charge in [-0.2, -0.15) is 0 Å². The predicted octanol–water partition coefficient (Wildman–Crippen LogP) is 4.87. The first-order valence-corrected chi connectivity index (χ1v) is 14.0. The Kier molecular flexibility index (Phi) is 6.39. The van der Waals surface area contributed by atoms with Crippen molar-refractivity contribution in [3.8, 4) is 0 Å². The van der Waals surface area contributed by atoms with Crippen LogP contribution in [-0.2, 0) is 4.79 Å². The molecule has 4 fully saturated rings. The Balaban J connectivity index is 1.19. The Morgan fingerprint density at radius 2 is 1.69 bits per heavy atom.